The molecule has 2 amide bonds. The molecule has 0 spiro atoms. The fraction of sp³-hybridized carbons (Fsp3) is 0.238. The number of rotatable bonds is 8. The van der Waals surface area contributed by atoms with E-state index in [-0.39, 0.29) is 30.8 Å². The van der Waals surface area contributed by atoms with E-state index in [1.807, 2.05) is 0 Å². The maximum atomic E-state index is 12.5. The number of amides is 2. The first kappa shape index (κ1) is 22.4. The Kier molecular flexibility index (Phi) is 7.92. The molecule has 1 unspecified atom stereocenters. The van der Waals surface area contributed by atoms with E-state index in [2.05, 4.69) is 16.0 Å². The summed E-state index contributed by atoms with van der Waals surface area (Å²) in [6, 6.07) is 12.8. The molecule has 30 heavy (non-hydrogen) atoms. The van der Waals surface area contributed by atoms with Gasteiger partial charge in [-0.1, -0.05) is 18.2 Å². The van der Waals surface area contributed by atoms with E-state index in [4.69, 9.17) is 15.9 Å². The lowest BCUT2D eigenvalue weighted by Gasteiger charge is -2.16. The standard InChI is InChI=1S/C21H25N5O4/c1-3-30-20(29)18(24-13(2)27)11-14-7-9-16(10-8-14)25-19(28)15-5-4-6-17(12-15)26-21(22)23/h4-10,12,18H,3,11H2,1-2H3,(H,24,27)(H,25,28)(H4,22,23,26). The first-order valence-electron chi connectivity index (χ1n) is 9.33. The molecule has 0 heterocycles. The summed E-state index contributed by atoms with van der Waals surface area (Å²) in [4.78, 5) is 35.8. The largest absolute Gasteiger partial charge is 0.464 e. The van der Waals surface area contributed by atoms with Crippen LogP contribution in [-0.4, -0.2) is 36.4 Å². The summed E-state index contributed by atoms with van der Waals surface area (Å²) in [6.07, 6.45) is 0.269. The number of esters is 1. The van der Waals surface area contributed by atoms with Crippen LogP contribution in [0.3, 0.4) is 0 Å². The summed E-state index contributed by atoms with van der Waals surface area (Å²) in [7, 11) is 0. The third kappa shape index (κ3) is 6.93. The number of hydrogen-bond donors (Lipinski definition) is 5. The van der Waals surface area contributed by atoms with Crippen molar-refractivity contribution >= 4 is 35.1 Å². The Bertz CT molecular complexity index is 927. The second-order valence-electron chi connectivity index (χ2n) is 6.48. The van der Waals surface area contributed by atoms with Crippen LogP contribution in [-0.2, 0) is 20.7 Å². The van der Waals surface area contributed by atoms with E-state index in [1.54, 1.807) is 55.5 Å². The van der Waals surface area contributed by atoms with E-state index < -0.39 is 12.0 Å². The van der Waals surface area contributed by atoms with E-state index in [0.717, 1.165) is 5.56 Å². The van der Waals surface area contributed by atoms with Gasteiger partial charge in [0.05, 0.1) is 6.61 Å². The van der Waals surface area contributed by atoms with Crippen molar-refractivity contribution in [1.82, 2.24) is 5.32 Å². The van der Waals surface area contributed by atoms with Gasteiger partial charge < -0.3 is 26.4 Å². The summed E-state index contributed by atoms with van der Waals surface area (Å²) in [5, 5.41) is 15.3. The molecule has 0 fully saturated rings. The van der Waals surface area contributed by atoms with Crippen molar-refractivity contribution in [2.75, 3.05) is 17.2 Å². The van der Waals surface area contributed by atoms with Crippen LogP contribution in [0.1, 0.15) is 29.8 Å². The highest BCUT2D eigenvalue weighted by Crippen LogP contribution is 2.15. The van der Waals surface area contributed by atoms with Crippen LogP contribution in [0.4, 0.5) is 11.4 Å². The molecular weight excluding hydrogens is 386 g/mol. The van der Waals surface area contributed by atoms with E-state index >= 15 is 0 Å². The third-order valence-corrected chi connectivity index (χ3v) is 4.00. The number of carbonyl (C=O) groups is 3. The number of anilines is 2. The van der Waals surface area contributed by atoms with E-state index in [1.165, 1.54) is 6.92 Å². The molecular formula is C21H25N5O4. The van der Waals surface area contributed by atoms with Crippen LogP contribution in [0.5, 0.6) is 0 Å². The second-order valence-corrected chi connectivity index (χ2v) is 6.48. The molecule has 0 saturated carbocycles. The summed E-state index contributed by atoms with van der Waals surface area (Å²) in [5.74, 6) is -1.36. The monoisotopic (exact) mass is 411 g/mol. The van der Waals surface area contributed by atoms with Gasteiger partial charge in [0.1, 0.15) is 6.04 Å². The smallest absolute Gasteiger partial charge is 0.328 e. The Balaban J connectivity index is 2.04. The van der Waals surface area contributed by atoms with Crippen molar-refractivity contribution in [1.29, 1.82) is 5.41 Å². The molecule has 0 saturated heterocycles. The van der Waals surface area contributed by atoms with Crippen molar-refractivity contribution in [3.63, 3.8) is 0 Å². The Morgan fingerprint density at radius 3 is 2.37 bits per heavy atom. The lowest BCUT2D eigenvalue weighted by molar-refractivity contribution is -0.147. The first-order valence-corrected chi connectivity index (χ1v) is 9.33. The molecule has 0 radical (unpaired) electrons. The maximum absolute atomic E-state index is 12.5. The minimum Gasteiger partial charge on any atom is -0.464 e. The quantitative estimate of drug-likeness (QED) is 0.254. The Labute approximate surface area is 174 Å². The Morgan fingerprint density at radius 1 is 1.07 bits per heavy atom. The highest BCUT2D eigenvalue weighted by Gasteiger charge is 2.21. The number of benzene rings is 2. The van der Waals surface area contributed by atoms with Gasteiger partial charge in [-0.15, -0.1) is 0 Å². The minimum absolute atomic E-state index is 0.219. The van der Waals surface area contributed by atoms with Gasteiger partial charge in [0.25, 0.3) is 5.91 Å². The van der Waals surface area contributed by atoms with Gasteiger partial charge in [0.15, 0.2) is 5.96 Å². The molecule has 0 aliphatic carbocycles. The molecule has 9 nitrogen and oxygen atoms in total. The molecule has 0 aliphatic rings. The normalized spacial score (nSPS) is 11.1. The first-order chi connectivity index (χ1) is 14.3. The van der Waals surface area contributed by atoms with E-state index in [0.29, 0.717) is 16.9 Å². The van der Waals surface area contributed by atoms with Gasteiger partial charge >= 0.3 is 5.97 Å². The predicted octanol–water partition coefficient (Wildman–Crippen LogP) is 1.85. The summed E-state index contributed by atoms with van der Waals surface area (Å²) in [6.45, 7) is 3.26. The topological polar surface area (TPSA) is 146 Å². The Morgan fingerprint density at radius 2 is 1.77 bits per heavy atom. The van der Waals surface area contributed by atoms with Crippen molar-refractivity contribution in [3.05, 3.63) is 59.7 Å². The lowest BCUT2D eigenvalue weighted by Crippen LogP contribution is -2.42. The molecule has 2 aromatic carbocycles. The van der Waals surface area contributed by atoms with Crippen LogP contribution < -0.4 is 21.7 Å². The summed E-state index contributed by atoms with van der Waals surface area (Å²) in [5.41, 5.74) is 7.61. The zero-order chi connectivity index (χ0) is 22.1. The van der Waals surface area contributed by atoms with Gasteiger partial charge in [-0.3, -0.25) is 15.0 Å². The maximum Gasteiger partial charge on any atom is 0.328 e. The van der Waals surface area contributed by atoms with Crippen molar-refractivity contribution < 1.29 is 19.1 Å². The van der Waals surface area contributed by atoms with Crippen LogP contribution >= 0.6 is 0 Å². The molecule has 6 N–H and O–H groups in total. The SMILES string of the molecule is CCOC(=O)C(Cc1ccc(NC(=O)c2cccc(NC(=N)N)c2)cc1)NC(C)=O. The molecule has 0 bridgehead atoms. The van der Waals surface area contributed by atoms with Gasteiger partial charge in [-0.05, 0) is 42.8 Å². The minimum atomic E-state index is -0.778. The van der Waals surface area contributed by atoms with Crippen molar-refractivity contribution in [3.8, 4) is 0 Å². The molecule has 2 rings (SSSR count). The average Bonchev–Trinajstić information content (AvgIpc) is 2.68. The molecule has 9 heteroatoms. The van der Waals surface area contributed by atoms with Crippen molar-refractivity contribution in [2.45, 2.75) is 26.3 Å². The zero-order valence-electron chi connectivity index (χ0n) is 16.8. The fourth-order valence-corrected chi connectivity index (χ4v) is 2.74. The number of hydrogen-bond acceptors (Lipinski definition) is 5. The lowest BCUT2D eigenvalue weighted by atomic mass is 10.1. The molecule has 1 atom stereocenters. The summed E-state index contributed by atoms with van der Waals surface area (Å²) >= 11 is 0. The molecule has 2 aromatic rings. The number of nitrogens with one attached hydrogen (secondary N) is 4. The predicted molar refractivity (Wildman–Crippen MR) is 114 cm³/mol. The zero-order valence-corrected chi connectivity index (χ0v) is 16.8. The van der Waals surface area contributed by atoms with Gasteiger partial charge in [0.2, 0.25) is 5.91 Å². The average molecular weight is 411 g/mol. The number of nitrogens with two attached hydrogens (primary N) is 1. The van der Waals surface area contributed by atoms with Crippen LogP contribution in [0.15, 0.2) is 48.5 Å². The Hall–Kier alpha value is -3.88. The van der Waals surface area contributed by atoms with Crippen LogP contribution in [0.2, 0.25) is 0 Å². The highest BCUT2D eigenvalue weighted by atomic mass is 16.5. The molecule has 0 aliphatic heterocycles. The van der Waals surface area contributed by atoms with E-state index in [9.17, 15) is 14.4 Å². The second kappa shape index (κ2) is 10.6. The number of ether oxygens (including phenoxy) is 1. The molecule has 158 valence electrons. The number of guanidine groups is 1. The third-order valence-electron chi connectivity index (χ3n) is 4.00. The fourth-order valence-electron chi connectivity index (χ4n) is 2.74. The van der Waals surface area contributed by atoms with Crippen LogP contribution in [0.25, 0.3) is 0 Å². The summed E-state index contributed by atoms with van der Waals surface area (Å²) < 4.78 is 5.00. The molecule has 0 aromatic heterocycles. The van der Waals surface area contributed by atoms with Gasteiger partial charge in [0, 0.05) is 30.3 Å². The van der Waals surface area contributed by atoms with Crippen molar-refractivity contribution in [2.24, 2.45) is 5.73 Å². The van der Waals surface area contributed by atoms with Gasteiger partial charge in [-0.25, -0.2) is 4.79 Å². The number of carbonyl (C=O) groups excluding carboxylic acids is 3. The van der Waals surface area contributed by atoms with Gasteiger partial charge in [-0.2, -0.15) is 0 Å². The highest BCUT2D eigenvalue weighted by molar-refractivity contribution is 6.05. The van der Waals surface area contributed by atoms with Crippen LogP contribution in [0, 0.1) is 5.41 Å².